The van der Waals surface area contributed by atoms with Crippen molar-refractivity contribution in [1.82, 2.24) is 0 Å². The molecule has 0 spiro atoms. The number of hydrogen-bond donors (Lipinski definition) is 0. The second kappa shape index (κ2) is 18.4. The molecule has 0 saturated carbocycles. The van der Waals surface area contributed by atoms with E-state index < -0.39 is 0 Å². The smallest absolute Gasteiger partial charge is 0.0169 e. The van der Waals surface area contributed by atoms with Crippen molar-refractivity contribution in [2.45, 2.75) is 51.9 Å². The van der Waals surface area contributed by atoms with Gasteiger partial charge in [0.25, 0.3) is 0 Å². The fraction of sp³-hybridized carbons (Fsp3) is 0.381. The van der Waals surface area contributed by atoms with Crippen molar-refractivity contribution in [3.63, 3.8) is 0 Å². The summed E-state index contributed by atoms with van der Waals surface area (Å²) in [6.45, 7) is 5.92. The summed E-state index contributed by atoms with van der Waals surface area (Å²) in [4.78, 5) is 0. The van der Waals surface area contributed by atoms with Gasteiger partial charge in [-0.3, -0.25) is 0 Å². The van der Waals surface area contributed by atoms with E-state index in [1.165, 1.54) is 0 Å². The average Bonchev–Trinajstić information content (AvgIpc) is 2.50. The van der Waals surface area contributed by atoms with Crippen LogP contribution in [0.15, 0.2) is 72.9 Å². The van der Waals surface area contributed by atoms with E-state index in [0.717, 1.165) is 44.9 Å². The zero-order valence-corrected chi connectivity index (χ0v) is 13.6. The summed E-state index contributed by atoms with van der Waals surface area (Å²) in [5.41, 5.74) is 0. The maximum atomic E-state index is 3.76. The lowest BCUT2D eigenvalue weighted by atomic mass is 10.2. The van der Waals surface area contributed by atoms with Crippen LogP contribution in [0.4, 0.5) is 0 Å². The van der Waals surface area contributed by atoms with Crippen LogP contribution in [0.5, 0.6) is 0 Å². The monoisotopic (exact) mass is 283 g/mol. The molecule has 0 aromatic rings. The normalized spacial score (nSPS) is 13.4. The van der Waals surface area contributed by atoms with Crippen LogP contribution in [-0.2, 0) is 0 Å². The Hall–Kier alpha value is -1.56. The molecule has 0 unspecified atom stereocenters. The first-order valence-corrected chi connectivity index (χ1v) is 8.11. The summed E-state index contributed by atoms with van der Waals surface area (Å²) in [6.07, 6.45) is 33.6. The van der Waals surface area contributed by atoms with Crippen LogP contribution in [0.25, 0.3) is 0 Å². The zero-order chi connectivity index (χ0) is 15.4. The van der Waals surface area contributed by atoms with Crippen molar-refractivity contribution in [2.75, 3.05) is 0 Å². The molecule has 0 rings (SSSR count). The standard InChI is InChI=1S/C21H31/c1-3-5-7-9-11-13-15-17-19-21-20-18-16-14-12-10-8-6-4-2/h5-8,11-14,17-20H,1,3-4,9-10,15-16,21H2,2H3/b7-5-,8-6-,13-11-,14-12-,19-17-,20-18-. The minimum atomic E-state index is 0.880. The minimum absolute atomic E-state index is 0.880. The Balaban J connectivity index is 3.47. The molecule has 0 aromatic heterocycles. The van der Waals surface area contributed by atoms with Gasteiger partial charge in [0, 0.05) is 0 Å². The van der Waals surface area contributed by atoms with E-state index in [1.807, 2.05) is 0 Å². The maximum absolute atomic E-state index is 3.76. The molecule has 0 aliphatic rings. The van der Waals surface area contributed by atoms with E-state index in [0.29, 0.717) is 0 Å². The van der Waals surface area contributed by atoms with Crippen molar-refractivity contribution in [2.24, 2.45) is 0 Å². The summed E-state index contributed by atoms with van der Waals surface area (Å²) < 4.78 is 0. The highest BCUT2D eigenvalue weighted by Gasteiger charge is 1.75. The van der Waals surface area contributed by atoms with Crippen LogP contribution in [-0.4, -0.2) is 0 Å². The molecule has 0 aromatic carbocycles. The predicted molar refractivity (Wildman–Crippen MR) is 98.2 cm³/mol. The Morgan fingerprint density at radius 1 is 0.476 bits per heavy atom. The lowest BCUT2D eigenvalue weighted by Gasteiger charge is -1.85. The first-order chi connectivity index (χ1) is 10.4. The molecule has 0 heterocycles. The molecule has 0 atom stereocenters. The molecule has 0 nitrogen and oxygen atoms in total. The van der Waals surface area contributed by atoms with Crippen LogP contribution in [0, 0.1) is 6.92 Å². The second-order valence-electron chi connectivity index (χ2n) is 4.70. The fourth-order valence-electron chi connectivity index (χ4n) is 1.64. The number of hydrogen-bond acceptors (Lipinski definition) is 0. The van der Waals surface area contributed by atoms with Crippen molar-refractivity contribution in [3.8, 4) is 0 Å². The van der Waals surface area contributed by atoms with Gasteiger partial charge in [0.05, 0.1) is 0 Å². The highest BCUT2D eigenvalue weighted by atomic mass is 13.8. The van der Waals surface area contributed by atoms with Crippen molar-refractivity contribution >= 4 is 0 Å². The first kappa shape index (κ1) is 19.4. The molecule has 0 fully saturated rings. The van der Waals surface area contributed by atoms with Gasteiger partial charge in [-0.15, -0.1) is 0 Å². The predicted octanol–water partition coefficient (Wildman–Crippen LogP) is 6.91. The Bertz CT molecular complexity index is 325. The number of allylic oxidation sites excluding steroid dienone is 12. The van der Waals surface area contributed by atoms with Crippen LogP contribution in [0.3, 0.4) is 0 Å². The van der Waals surface area contributed by atoms with Gasteiger partial charge >= 0.3 is 0 Å². The largest absolute Gasteiger partial charge is 0.0885 e. The third kappa shape index (κ3) is 18.4. The third-order valence-corrected chi connectivity index (χ3v) is 2.76. The van der Waals surface area contributed by atoms with Crippen LogP contribution >= 0.6 is 0 Å². The van der Waals surface area contributed by atoms with Gasteiger partial charge in [-0.25, -0.2) is 0 Å². The van der Waals surface area contributed by atoms with E-state index >= 15 is 0 Å². The molecule has 0 heteroatoms. The van der Waals surface area contributed by atoms with E-state index in [4.69, 9.17) is 0 Å². The van der Waals surface area contributed by atoms with Gasteiger partial charge in [0.1, 0.15) is 0 Å². The van der Waals surface area contributed by atoms with Gasteiger partial charge in [-0.1, -0.05) is 79.8 Å². The Kier molecular flexibility index (Phi) is 17.1. The fourth-order valence-corrected chi connectivity index (χ4v) is 1.64. The molecule has 0 aliphatic heterocycles. The van der Waals surface area contributed by atoms with Crippen molar-refractivity contribution in [1.29, 1.82) is 0 Å². The Morgan fingerprint density at radius 2 is 0.762 bits per heavy atom. The van der Waals surface area contributed by atoms with Crippen LogP contribution in [0.1, 0.15) is 51.9 Å². The first-order valence-electron chi connectivity index (χ1n) is 8.11. The summed E-state index contributed by atoms with van der Waals surface area (Å²) in [6, 6.07) is 0. The quantitative estimate of drug-likeness (QED) is 0.341. The van der Waals surface area contributed by atoms with Gasteiger partial charge in [0.2, 0.25) is 0 Å². The van der Waals surface area contributed by atoms with Gasteiger partial charge in [-0.2, -0.15) is 0 Å². The molecule has 0 amide bonds. The maximum Gasteiger partial charge on any atom is -0.0169 e. The Morgan fingerprint density at radius 3 is 1.05 bits per heavy atom. The summed E-state index contributed by atoms with van der Waals surface area (Å²) in [5.74, 6) is 0. The van der Waals surface area contributed by atoms with Crippen molar-refractivity contribution < 1.29 is 0 Å². The lowest BCUT2D eigenvalue weighted by Crippen LogP contribution is -1.64. The zero-order valence-electron chi connectivity index (χ0n) is 13.6. The SMILES string of the molecule is [CH2]C/C=C\C/C=C\C/C=C\C/C=C\C/C=C\C/C=C\CC. The molecule has 0 aliphatic carbocycles. The van der Waals surface area contributed by atoms with E-state index in [1.54, 1.807) is 0 Å². The summed E-state index contributed by atoms with van der Waals surface area (Å²) in [7, 11) is 0. The van der Waals surface area contributed by atoms with Gasteiger partial charge < -0.3 is 0 Å². The molecule has 115 valence electrons. The molecule has 0 bridgehead atoms. The Labute approximate surface area is 132 Å². The molecular formula is C21H31. The molecule has 0 N–H and O–H groups in total. The summed E-state index contributed by atoms with van der Waals surface area (Å²) in [5, 5.41) is 0. The topological polar surface area (TPSA) is 0 Å². The van der Waals surface area contributed by atoms with E-state index in [2.05, 4.69) is 86.8 Å². The molecular weight excluding hydrogens is 252 g/mol. The third-order valence-electron chi connectivity index (χ3n) is 2.76. The van der Waals surface area contributed by atoms with E-state index in [-0.39, 0.29) is 0 Å². The van der Waals surface area contributed by atoms with E-state index in [9.17, 15) is 0 Å². The molecule has 1 radical (unpaired) electrons. The van der Waals surface area contributed by atoms with Gasteiger partial charge in [0.15, 0.2) is 0 Å². The minimum Gasteiger partial charge on any atom is -0.0885 e. The highest BCUT2D eigenvalue weighted by molar-refractivity contribution is 5.01. The van der Waals surface area contributed by atoms with Crippen LogP contribution in [0.2, 0.25) is 0 Å². The van der Waals surface area contributed by atoms with Crippen molar-refractivity contribution in [3.05, 3.63) is 79.8 Å². The van der Waals surface area contributed by atoms with Gasteiger partial charge in [-0.05, 0) is 51.9 Å². The second-order valence-corrected chi connectivity index (χ2v) is 4.70. The molecule has 21 heavy (non-hydrogen) atoms. The molecule has 0 saturated heterocycles. The highest BCUT2D eigenvalue weighted by Crippen LogP contribution is 1.96. The van der Waals surface area contributed by atoms with Crippen LogP contribution < -0.4 is 0 Å². The summed E-state index contributed by atoms with van der Waals surface area (Å²) >= 11 is 0. The lowest BCUT2D eigenvalue weighted by molar-refractivity contribution is 1.19. The number of rotatable bonds is 12. The average molecular weight is 283 g/mol.